The maximum absolute atomic E-state index is 6.28. The Morgan fingerprint density at radius 1 is 1.17 bits per heavy atom. The van der Waals surface area contributed by atoms with Gasteiger partial charge in [0.1, 0.15) is 0 Å². The number of nitrogens with two attached hydrogens (primary N) is 1. The van der Waals surface area contributed by atoms with Gasteiger partial charge in [-0.15, -0.1) is 0 Å². The summed E-state index contributed by atoms with van der Waals surface area (Å²) < 4.78 is 0. The van der Waals surface area contributed by atoms with Gasteiger partial charge in [0.15, 0.2) is 0 Å². The number of benzene rings is 1. The molecule has 1 atom stereocenters. The van der Waals surface area contributed by atoms with Gasteiger partial charge in [0.25, 0.3) is 0 Å². The third kappa shape index (κ3) is 2.29. The minimum atomic E-state index is 0.709. The molecule has 0 radical (unpaired) electrons. The van der Waals surface area contributed by atoms with Crippen LogP contribution in [0.2, 0.25) is 5.02 Å². The standard InChI is InChI=1S/C14H20ClN3/c15-13-9-11(16)3-4-14(13)18-8-5-12(10-18)17-6-1-2-7-17/h3-4,9,12H,1-2,5-8,10,16H2. The van der Waals surface area contributed by atoms with Crippen molar-refractivity contribution in [2.75, 3.05) is 36.8 Å². The molecule has 3 nitrogen and oxygen atoms in total. The molecule has 2 aliphatic rings. The van der Waals surface area contributed by atoms with Crippen molar-refractivity contribution in [2.45, 2.75) is 25.3 Å². The van der Waals surface area contributed by atoms with Crippen LogP contribution in [-0.4, -0.2) is 37.1 Å². The van der Waals surface area contributed by atoms with Gasteiger partial charge in [0.05, 0.1) is 10.7 Å². The van der Waals surface area contributed by atoms with E-state index in [4.69, 9.17) is 17.3 Å². The third-order valence-electron chi connectivity index (χ3n) is 4.13. The lowest BCUT2D eigenvalue weighted by atomic mass is 10.2. The molecule has 1 aromatic rings. The maximum Gasteiger partial charge on any atom is 0.0660 e. The highest BCUT2D eigenvalue weighted by Crippen LogP contribution is 2.32. The van der Waals surface area contributed by atoms with Gasteiger partial charge in [-0.1, -0.05) is 11.6 Å². The molecule has 2 fully saturated rings. The topological polar surface area (TPSA) is 32.5 Å². The summed E-state index contributed by atoms with van der Waals surface area (Å²) in [6.07, 6.45) is 3.97. The molecular formula is C14H20ClN3. The van der Waals surface area contributed by atoms with Crippen molar-refractivity contribution in [3.05, 3.63) is 23.2 Å². The Morgan fingerprint density at radius 2 is 1.94 bits per heavy atom. The summed E-state index contributed by atoms with van der Waals surface area (Å²) in [5.41, 5.74) is 7.61. The second kappa shape index (κ2) is 4.98. The predicted octanol–water partition coefficient (Wildman–Crippen LogP) is 2.60. The van der Waals surface area contributed by atoms with Crippen LogP contribution in [0.5, 0.6) is 0 Å². The van der Waals surface area contributed by atoms with Crippen LogP contribution in [0.4, 0.5) is 11.4 Å². The Balaban J connectivity index is 1.71. The Hall–Kier alpha value is -0.930. The van der Waals surface area contributed by atoms with Gasteiger partial charge in [-0.05, 0) is 50.6 Å². The average Bonchev–Trinajstić information content (AvgIpc) is 2.99. The van der Waals surface area contributed by atoms with Crippen molar-refractivity contribution in [1.82, 2.24) is 4.90 Å². The number of rotatable bonds is 2. The minimum absolute atomic E-state index is 0.709. The van der Waals surface area contributed by atoms with Gasteiger partial charge in [-0.25, -0.2) is 0 Å². The third-order valence-corrected chi connectivity index (χ3v) is 4.44. The number of hydrogen-bond acceptors (Lipinski definition) is 3. The van der Waals surface area contributed by atoms with Crippen LogP contribution in [0.25, 0.3) is 0 Å². The van der Waals surface area contributed by atoms with E-state index in [2.05, 4.69) is 9.80 Å². The highest BCUT2D eigenvalue weighted by molar-refractivity contribution is 6.33. The minimum Gasteiger partial charge on any atom is -0.399 e. The van der Waals surface area contributed by atoms with Crippen molar-refractivity contribution < 1.29 is 0 Å². The lowest BCUT2D eigenvalue weighted by molar-refractivity contribution is 0.260. The number of likely N-dealkylation sites (tertiary alicyclic amines) is 1. The van der Waals surface area contributed by atoms with E-state index in [1.807, 2.05) is 18.2 Å². The van der Waals surface area contributed by atoms with Crippen LogP contribution in [-0.2, 0) is 0 Å². The maximum atomic E-state index is 6.28. The highest BCUT2D eigenvalue weighted by atomic mass is 35.5. The largest absolute Gasteiger partial charge is 0.399 e. The Labute approximate surface area is 114 Å². The number of anilines is 2. The average molecular weight is 266 g/mol. The Kier molecular flexibility index (Phi) is 3.35. The zero-order valence-electron chi connectivity index (χ0n) is 10.6. The van der Waals surface area contributed by atoms with Gasteiger partial charge >= 0.3 is 0 Å². The summed E-state index contributed by atoms with van der Waals surface area (Å²) in [6.45, 7) is 4.75. The summed E-state index contributed by atoms with van der Waals surface area (Å²) >= 11 is 6.28. The normalized spacial score (nSPS) is 24.9. The van der Waals surface area contributed by atoms with Crippen LogP contribution in [0.15, 0.2) is 18.2 Å². The summed E-state index contributed by atoms with van der Waals surface area (Å²) in [5.74, 6) is 0. The highest BCUT2D eigenvalue weighted by Gasteiger charge is 2.29. The monoisotopic (exact) mass is 265 g/mol. The molecule has 0 aromatic heterocycles. The summed E-state index contributed by atoms with van der Waals surface area (Å²) in [6, 6.07) is 6.54. The molecule has 0 aliphatic carbocycles. The van der Waals surface area contributed by atoms with Crippen molar-refractivity contribution >= 4 is 23.0 Å². The predicted molar refractivity (Wildman–Crippen MR) is 77.3 cm³/mol. The van der Waals surface area contributed by atoms with Crippen LogP contribution in [0, 0.1) is 0 Å². The second-order valence-electron chi connectivity index (χ2n) is 5.34. The lowest BCUT2D eigenvalue weighted by Crippen LogP contribution is -2.35. The Bertz CT molecular complexity index is 429. The van der Waals surface area contributed by atoms with Gasteiger partial charge < -0.3 is 10.6 Å². The summed E-state index contributed by atoms with van der Waals surface area (Å²) in [7, 11) is 0. The van der Waals surface area contributed by atoms with Crippen molar-refractivity contribution in [2.24, 2.45) is 0 Å². The van der Waals surface area contributed by atoms with Crippen molar-refractivity contribution in [3.63, 3.8) is 0 Å². The molecule has 0 spiro atoms. The number of nitrogen functional groups attached to an aromatic ring is 1. The van der Waals surface area contributed by atoms with Gasteiger partial charge in [0.2, 0.25) is 0 Å². The van der Waals surface area contributed by atoms with Gasteiger partial charge in [0, 0.05) is 24.8 Å². The molecule has 2 heterocycles. The first kappa shape index (κ1) is 12.1. The number of nitrogens with zero attached hydrogens (tertiary/aromatic N) is 2. The fourth-order valence-corrected chi connectivity index (χ4v) is 3.45. The van der Waals surface area contributed by atoms with E-state index in [1.165, 1.54) is 32.4 Å². The molecule has 1 unspecified atom stereocenters. The fourth-order valence-electron chi connectivity index (χ4n) is 3.15. The van der Waals surface area contributed by atoms with Crippen LogP contribution >= 0.6 is 11.6 Å². The van der Waals surface area contributed by atoms with Gasteiger partial charge in [-0.3, -0.25) is 4.90 Å². The second-order valence-corrected chi connectivity index (χ2v) is 5.75. The van der Waals surface area contributed by atoms with Crippen molar-refractivity contribution in [1.29, 1.82) is 0 Å². The molecule has 98 valence electrons. The quantitative estimate of drug-likeness (QED) is 0.835. The first-order chi connectivity index (χ1) is 8.74. The molecule has 3 rings (SSSR count). The molecule has 2 N–H and O–H groups in total. The Morgan fingerprint density at radius 3 is 2.67 bits per heavy atom. The zero-order chi connectivity index (χ0) is 12.5. The van der Waals surface area contributed by atoms with Crippen molar-refractivity contribution in [3.8, 4) is 0 Å². The fraction of sp³-hybridized carbons (Fsp3) is 0.571. The molecule has 4 heteroatoms. The molecule has 18 heavy (non-hydrogen) atoms. The molecule has 2 saturated heterocycles. The summed E-state index contributed by atoms with van der Waals surface area (Å²) in [5, 5.41) is 0.775. The zero-order valence-corrected chi connectivity index (χ0v) is 11.4. The SMILES string of the molecule is Nc1ccc(N2CCC(N3CCCC3)C2)c(Cl)c1. The first-order valence-corrected chi connectivity index (χ1v) is 7.16. The van der Waals surface area contributed by atoms with E-state index in [9.17, 15) is 0 Å². The van der Waals surface area contributed by atoms with Crippen LogP contribution in [0.1, 0.15) is 19.3 Å². The molecule has 0 amide bonds. The van der Waals surface area contributed by atoms with Crippen LogP contribution < -0.4 is 10.6 Å². The van der Waals surface area contributed by atoms with Crippen LogP contribution in [0.3, 0.4) is 0 Å². The summed E-state index contributed by atoms with van der Waals surface area (Å²) in [4.78, 5) is 5.02. The molecule has 1 aromatic carbocycles. The van der Waals surface area contributed by atoms with E-state index in [-0.39, 0.29) is 0 Å². The molecule has 0 saturated carbocycles. The van der Waals surface area contributed by atoms with E-state index < -0.39 is 0 Å². The van der Waals surface area contributed by atoms with E-state index in [0.29, 0.717) is 6.04 Å². The van der Waals surface area contributed by atoms with E-state index in [1.54, 1.807) is 0 Å². The molecule has 2 aliphatic heterocycles. The number of hydrogen-bond donors (Lipinski definition) is 1. The van der Waals surface area contributed by atoms with E-state index in [0.717, 1.165) is 29.5 Å². The smallest absolute Gasteiger partial charge is 0.0660 e. The number of halogens is 1. The van der Waals surface area contributed by atoms with E-state index >= 15 is 0 Å². The first-order valence-electron chi connectivity index (χ1n) is 6.78. The molecule has 0 bridgehead atoms. The molecular weight excluding hydrogens is 246 g/mol. The van der Waals surface area contributed by atoms with Gasteiger partial charge in [-0.2, -0.15) is 0 Å². The lowest BCUT2D eigenvalue weighted by Gasteiger charge is -2.25.